The van der Waals surface area contributed by atoms with Crippen molar-refractivity contribution in [1.29, 1.82) is 5.26 Å². The van der Waals surface area contributed by atoms with Gasteiger partial charge in [0.2, 0.25) is 0 Å². The van der Waals surface area contributed by atoms with Crippen LogP contribution in [-0.2, 0) is 6.42 Å². The van der Waals surface area contributed by atoms with Gasteiger partial charge in [0.1, 0.15) is 0 Å². The molecule has 3 aromatic rings. The Morgan fingerprint density at radius 1 is 1.29 bits per heavy atom. The first-order chi connectivity index (χ1) is 13.7. The third kappa shape index (κ3) is 3.49. The molecule has 1 fully saturated rings. The van der Waals surface area contributed by atoms with E-state index in [1.54, 1.807) is 24.3 Å². The first kappa shape index (κ1) is 17.9. The number of carbonyl (C=O) groups excluding carboxylic acids is 1. The molecule has 0 N–H and O–H groups in total. The number of likely N-dealkylation sites (tertiary alicyclic amines) is 1. The highest BCUT2D eigenvalue weighted by atomic mass is 16.5. The zero-order valence-electron chi connectivity index (χ0n) is 15.4. The molecule has 1 saturated heterocycles. The van der Waals surface area contributed by atoms with Crippen LogP contribution in [0.25, 0.3) is 11.6 Å². The fourth-order valence-electron chi connectivity index (χ4n) is 3.26. The third-order valence-corrected chi connectivity index (χ3v) is 4.90. The maximum Gasteiger partial charge on any atom is 0.280 e. The molecule has 3 heterocycles. The Morgan fingerprint density at radius 2 is 2.04 bits per heavy atom. The Balaban J connectivity index is 1.38. The van der Waals surface area contributed by atoms with Crippen molar-refractivity contribution in [3.63, 3.8) is 0 Å². The number of nitrogens with zero attached hydrogens (tertiary/aromatic N) is 7. The van der Waals surface area contributed by atoms with Crippen molar-refractivity contribution < 1.29 is 9.32 Å². The van der Waals surface area contributed by atoms with Gasteiger partial charge < -0.3 is 9.42 Å². The van der Waals surface area contributed by atoms with Gasteiger partial charge in [0.05, 0.1) is 23.9 Å². The van der Waals surface area contributed by atoms with Crippen LogP contribution in [0.3, 0.4) is 0 Å². The van der Waals surface area contributed by atoms with Crippen molar-refractivity contribution in [3.05, 3.63) is 47.4 Å². The van der Waals surface area contributed by atoms with Crippen LogP contribution < -0.4 is 0 Å². The molecule has 28 heavy (non-hydrogen) atoms. The van der Waals surface area contributed by atoms with Crippen LogP contribution in [0, 0.1) is 11.3 Å². The number of rotatable bonds is 4. The van der Waals surface area contributed by atoms with Gasteiger partial charge in [-0.2, -0.15) is 10.2 Å². The quantitative estimate of drug-likeness (QED) is 0.685. The van der Waals surface area contributed by atoms with Crippen molar-refractivity contribution >= 4 is 5.91 Å². The first-order valence-corrected chi connectivity index (χ1v) is 9.22. The summed E-state index contributed by atoms with van der Waals surface area (Å²) in [4.78, 5) is 18.7. The number of benzene rings is 1. The molecule has 9 nitrogen and oxygen atoms in total. The molecule has 1 aliphatic heterocycles. The van der Waals surface area contributed by atoms with E-state index < -0.39 is 0 Å². The van der Waals surface area contributed by atoms with Gasteiger partial charge in [-0.15, -0.1) is 5.10 Å². The number of aryl methyl sites for hydroxylation is 1. The van der Waals surface area contributed by atoms with E-state index in [1.807, 2.05) is 22.7 Å². The smallest absolute Gasteiger partial charge is 0.280 e. The Morgan fingerprint density at radius 3 is 2.68 bits per heavy atom. The summed E-state index contributed by atoms with van der Waals surface area (Å²) < 4.78 is 7.02. The van der Waals surface area contributed by atoms with Crippen LogP contribution in [0.15, 0.2) is 35.0 Å². The Hall–Kier alpha value is -3.54. The Labute approximate surface area is 161 Å². The van der Waals surface area contributed by atoms with Gasteiger partial charge in [0, 0.05) is 25.1 Å². The lowest BCUT2D eigenvalue weighted by molar-refractivity contribution is 0.0689. The van der Waals surface area contributed by atoms with Gasteiger partial charge >= 0.3 is 0 Å². The van der Waals surface area contributed by atoms with Gasteiger partial charge in [-0.25, -0.2) is 4.68 Å². The van der Waals surface area contributed by atoms with E-state index in [2.05, 4.69) is 26.5 Å². The summed E-state index contributed by atoms with van der Waals surface area (Å²) in [6.45, 7) is 3.23. The van der Waals surface area contributed by atoms with Gasteiger partial charge in [-0.1, -0.05) is 17.3 Å². The molecule has 1 amide bonds. The summed E-state index contributed by atoms with van der Waals surface area (Å²) in [5, 5.41) is 21.1. The number of hydrogen-bond donors (Lipinski definition) is 0. The zero-order chi connectivity index (χ0) is 19.5. The number of amides is 1. The Kier molecular flexibility index (Phi) is 4.85. The van der Waals surface area contributed by atoms with Gasteiger partial charge in [-0.05, 0) is 37.1 Å². The third-order valence-electron chi connectivity index (χ3n) is 4.90. The lowest BCUT2D eigenvalue weighted by atomic mass is 10.0. The van der Waals surface area contributed by atoms with E-state index >= 15 is 0 Å². The molecule has 1 aliphatic rings. The van der Waals surface area contributed by atoms with E-state index in [0.29, 0.717) is 48.0 Å². The maximum atomic E-state index is 12.6. The number of carbonyl (C=O) groups is 1. The summed E-state index contributed by atoms with van der Waals surface area (Å²) in [5.74, 6) is 0.996. The topological polar surface area (TPSA) is 114 Å². The van der Waals surface area contributed by atoms with Gasteiger partial charge in [0.25, 0.3) is 11.8 Å². The van der Waals surface area contributed by atoms with E-state index in [9.17, 15) is 4.79 Å². The minimum atomic E-state index is -0.0137. The molecule has 1 aromatic carbocycles. The van der Waals surface area contributed by atoms with E-state index in [4.69, 9.17) is 9.78 Å². The molecule has 0 spiro atoms. The second-order valence-corrected chi connectivity index (χ2v) is 6.67. The maximum absolute atomic E-state index is 12.6. The van der Waals surface area contributed by atoms with Crippen LogP contribution in [0.1, 0.15) is 47.6 Å². The second-order valence-electron chi connectivity index (χ2n) is 6.67. The second kappa shape index (κ2) is 7.60. The summed E-state index contributed by atoms with van der Waals surface area (Å²) in [5.41, 5.74) is 1.71. The highest BCUT2D eigenvalue weighted by Crippen LogP contribution is 2.24. The summed E-state index contributed by atoms with van der Waals surface area (Å²) in [7, 11) is 0. The number of hydrogen-bond acceptors (Lipinski definition) is 7. The fourth-order valence-corrected chi connectivity index (χ4v) is 3.26. The Bertz CT molecular complexity index is 1010. The average Bonchev–Trinajstić information content (AvgIpc) is 3.43. The minimum Gasteiger partial charge on any atom is -0.338 e. The largest absolute Gasteiger partial charge is 0.338 e. The lowest BCUT2D eigenvalue weighted by Gasteiger charge is -2.31. The predicted octanol–water partition coefficient (Wildman–Crippen LogP) is 2.24. The van der Waals surface area contributed by atoms with Crippen molar-refractivity contribution in [1.82, 2.24) is 30.0 Å². The molecule has 0 atom stereocenters. The molecule has 0 saturated carbocycles. The molecule has 4 rings (SSSR count). The van der Waals surface area contributed by atoms with E-state index in [0.717, 1.165) is 12.8 Å². The highest BCUT2D eigenvalue weighted by Gasteiger charge is 2.26. The molecular weight excluding hydrogens is 358 g/mol. The molecule has 0 bridgehead atoms. The lowest BCUT2D eigenvalue weighted by Crippen LogP contribution is -2.39. The van der Waals surface area contributed by atoms with Crippen LogP contribution in [-0.4, -0.2) is 49.0 Å². The SMILES string of the molecule is CCc1noc(-c2cn(C3CCN(C(=O)c4ccc(C#N)cc4)CC3)nn2)n1. The number of aromatic nitrogens is 5. The fraction of sp³-hybridized carbons (Fsp3) is 0.368. The normalized spacial score (nSPS) is 14.8. The van der Waals surface area contributed by atoms with Crippen molar-refractivity contribution in [2.75, 3.05) is 13.1 Å². The monoisotopic (exact) mass is 377 g/mol. The van der Waals surface area contributed by atoms with Gasteiger partial charge in [0.15, 0.2) is 11.5 Å². The molecule has 9 heteroatoms. The average molecular weight is 377 g/mol. The number of nitriles is 1. The minimum absolute atomic E-state index is 0.0137. The molecule has 0 aliphatic carbocycles. The van der Waals surface area contributed by atoms with Crippen LogP contribution >= 0.6 is 0 Å². The van der Waals surface area contributed by atoms with Crippen molar-refractivity contribution in [2.24, 2.45) is 0 Å². The summed E-state index contributed by atoms with van der Waals surface area (Å²) in [6.07, 6.45) is 4.09. The molecule has 142 valence electrons. The predicted molar refractivity (Wildman–Crippen MR) is 98.0 cm³/mol. The molecule has 2 aromatic heterocycles. The summed E-state index contributed by atoms with van der Waals surface area (Å²) in [6, 6.07) is 8.96. The van der Waals surface area contributed by atoms with Gasteiger partial charge in [-0.3, -0.25) is 4.79 Å². The molecule has 0 radical (unpaired) electrons. The number of piperidine rings is 1. The summed E-state index contributed by atoms with van der Waals surface area (Å²) >= 11 is 0. The molecule has 0 unspecified atom stereocenters. The van der Waals surface area contributed by atoms with E-state index in [-0.39, 0.29) is 11.9 Å². The molecular formula is C19H19N7O2. The zero-order valence-corrected chi connectivity index (χ0v) is 15.4. The van der Waals surface area contributed by atoms with Crippen LogP contribution in [0.4, 0.5) is 0 Å². The van der Waals surface area contributed by atoms with Crippen LogP contribution in [0.2, 0.25) is 0 Å². The van der Waals surface area contributed by atoms with Crippen molar-refractivity contribution in [2.45, 2.75) is 32.2 Å². The van der Waals surface area contributed by atoms with Crippen LogP contribution in [0.5, 0.6) is 0 Å². The standard InChI is InChI=1S/C19H19N7O2/c1-2-17-21-18(28-23-17)16-12-26(24-22-16)15-7-9-25(10-8-15)19(27)14-5-3-13(11-20)4-6-14/h3-6,12,15H,2,7-10H2,1H3. The first-order valence-electron chi connectivity index (χ1n) is 9.22. The van der Waals surface area contributed by atoms with Crippen molar-refractivity contribution in [3.8, 4) is 17.7 Å². The van der Waals surface area contributed by atoms with E-state index in [1.165, 1.54) is 0 Å². The highest BCUT2D eigenvalue weighted by molar-refractivity contribution is 5.94.